The van der Waals surface area contributed by atoms with Crippen molar-refractivity contribution in [3.63, 3.8) is 0 Å². The maximum atomic E-state index is 13.5. The summed E-state index contributed by atoms with van der Waals surface area (Å²) in [6.45, 7) is 2.77. The minimum absolute atomic E-state index is 0.213. The summed E-state index contributed by atoms with van der Waals surface area (Å²) in [6, 6.07) is 15.7. The normalized spacial score (nSPS) is 21.6. The van der Waals surface area contributed by atoms with Gasteiger partial charge < -0.3 is 9.80 Å². The van der Waals surface area contributed by atoms with E-state index in [1.165, 1.54) is 0 Å². The predicted molar refractivity (Wildman–Crippen MR) is 117 cm³/mol. The Morgan fingerprint density at radius 2 is 1.74 bits per heavy atom. The van der Waals surface area contributed by atoms with E-state index in [4.69, 9.17) is 4.98 Å². The third kappa shape index (κ3) is 3.01. The van der Waals surface area contributed by atoms with Crippen molar-refractivity contribution >= 4 is 33.8 Å². The minimum Gasteiger partial charge on any atom is -0.354 e. The summed E-state index contributed by atoms with van der Waals surface area (Å²) in [5, 5.41) is 8.48. The summed E-state index contributed by atoms with van der Waals surface area (Å²) in [5.74, 6) is 1.07. The van der Waals surface area contributed by atoms with E-state index in [-0.39, 0.29) is 11.3 Å². The van der Waals surface area contributed by atoms with Gasteiger partial charge in [0.25, 0.3) is 0 Å². The largest absolute Gasteiger partial charge is 0.354 e. The summed E-state index contributed by atoms with van der Waals surface area (Å²) in [4.78, 5) is 27.1. The van der Waals surface area contributed by atoms with E-state index in [0.717, 1.165) is 60.2 Å². The van der Waals surface area contributed by atoms with Gasteiger partial charge in [-0.1, -0.05) is 29.5 Å². The number of fused-ring (bicyclic) bond motifs is 2. The Kier molecular flexibility index (Phi) is 4.12. The average Bonchev–Trinajstić information content (AvgIpc) is 3.36. The first-order valence-corrected chi connectivity index (χ1v) is 10.8. The molecule has 8 heteroatoms. The molecule has 2 fully saturated rings. The number of anilines is 1. The van der Waals surface area contributed by atoms with E-state index < -0.39 is 0 Å². The van der Waals surface area contributed by atoms with E-state index >= 15 is 0 Å². The minimum atomic E-state index is -0.359. The zero-order chi connectivity index (χ0) is 20.8. The quantitative estimate of drug-likeness (QED) is 0.514. The molecule has 0 aliphatic carbocycles. The van der Waals surface area contributed by atoms with Gasteiger partial charge in [-0.3, -0.25) is 9.78 Å². The van der Waals surface area contributed by atoms with Crippen LogP contribution in [0.15, 0.2) is 54.7 Å². The molecule has 31 heavy (non-hydrogen) atoms. The number of rotatable bonds is 3. The Balaban J connectivity index is 1.24. The van der Waals surface area contributed by atoms with Gasteiger partial charge >= 0.3 is 0 Å². The number of hydrogen-bond donors (Lipinski definition) is 0. The molecule has 1 atom stereocenters. The molecule has 0 bridgehead atoms. The van der Waals surface area contributed by atoms with Gasteiger partial charge in [0.05, 0.1) is 28.2 Å². The first-order chi connectivity index (χ1) is 15.2. The average molecular weight is 413 g/mol. The maximum absolute atomic E-state index is 13.5. The first-order valence-electron chi connectivity index (χ1n) is 10.8. The maximum Gasteiger partial charge on any atom is 0.232 e. The Labute approximate surface area is 179 Å². The molecule has 2 aromatic carbocycles. The fourth-order valence-electron chi connectivity index (χ4n) is 5.02. The van der Waals surface area contributed by atoms with Crippen molar-refractivity contribution in [1.29, 1.82) is 0 Å². The van der Waals surface area contributed by atoms with E-state index in [2.05, 4.69) is 20.2 Å². The third-order valence-corrected chi connectivity index (χ3v) is 6.66. The lowest BCUT2D eigenvalue weighted by molar-refractivity contribution is -0.138. The smallest absolute Gasteiger partial charge is 0.232 e. The number of carbonyl (C=O) groups is 1. The van der Waals surface area contributed by atoms with Crippen molar-refractivity contribution in [3.05, 3.63) is 54.7 Å². The number of nitrogens with zero attached hydrogens (tertiary/aromatic N) is 7. The number of amides is 1. The number of likely N-dealkylation sites (tertiary alicyclic amines) is 1. The molecule has 2 aliphatic heterocycles. The van der Waals surface area contributed by atoms with Gasteiger partial charge in [0.2, 0.25) is 5.91 Å². The fourth-order valence-corrected chi connectivity index (χ4v) is 5.02. The van der Waals surface area contributed by atoms with Crippen molar-refractivity contribution in [2.75, 3.05) is 24.5 Å². The molecule has 1 unspecified atom stereocenters. The van der Waals surface area contributed by atoms with E-state index in [1.807, 2.05) is 64.3 Å². The van der Waals surface area contributed by atoms with Crippen LogP contribution < -0.4 is 4.90 Å². The molecule has 2 saturated heterocycles. The SMILES string of the molecule is O=C1N(Cn2nnc3ccccc32)CCC12CCCN(c1cnc3ccccc3n1)C2. The Morgan fingerprint density at radius 1 is 0.935 bits per heavy atom. The van der Waals surface area contributed by atoms with Crippen molar-refractivity contribution in [2.24, 2.45) is 5.41 Å². The van der Waals surface area contributed by atoms with Crippen molar-refractivity contribution in [2.45, 2.75) is 25.9 Å². The second kappa shape index (κ2) is 7.01. The highest BCUT2D eigenvalue weighted by atomic mass is 16.2. The molecule has 4 aromatic rings. The lowest BCUT2D eigenvalue weighted by Crippen LogP contribution is -2.48. The van der Waals surface area contributed by atoms with Crippen molar-refractivity contribution in [1.82, 2.24) is 29.9 Å². The molecule has 156 valence electrons. The van der Waals surface area contributed by atoms with Gasteiger partial charge in [0, 0.05) is 19.6 Å². The zero-order valence-electron chi connectivity index (χ0n) is 17.2. The topological polar surface area (TPSA) is 80.0 Å². The number of carbonyl (C=O) groups excluding carboxylic acids is 1. The Hall–Kier alpha value is -3.55. The van der Waals surface area contributed by atoms with Gasteiger partial charge in [0.15, 0.2) is 0 Å². The molecular formula is C23H23N7O. The zero-order valence-corrected chi connectivity index (χ0v) is 17.2. The number of hydrogen-bond acceptors (Lipinski definition) is 6. The summed E-state index contributed by atoms with van der Waals surface area (Å²) < 4.78 is 1.82. The molecule has 2 aromatic heterocycles. The number of benzene rings is 2. The lowest BCUT2D eigenvalue weighted by atomic mass is 9.78. The van der Waals surface area contributed by atoms with Crippen molar-refractivity contribution < 1.29 is 4.79 Å². The van der Waals surface area contributed by atoms with Crippen LogP contribution in [0.3, 0.4) is 0 Å². The van der Waals surface area contributed by atoms with Crippen LogP contribution in [0.1, 0.15) is 19.3 Å². The first kappa shape index (κ1) is 18.2. The third-order valence-electron chi connectivity index (χ3n) is 6.66. The second-order valence-corrected chi connectivity index (χ2v) is 8.56. The molecule has 6 rings (SSSR count). The van der Waals surface area contributed by atoms with Crippen LogP contribution in [-0.4, -0.2) is 55.4 Å². The van der Waals surface area contributed by atoms with Gasteiger partial charge in [-0.05, 0) is 43.5 Å². The molecule has 8 nitrogen and oxygen atoms in total. The van der Waals surface area contributed by atoms with Gasteiger partial charge in [-0.2, -0.15) is 0 Å². The highest BCUT2D eigenvalue weighted by molar-refractivity contribution is 5.86. The molecule has 4 heterocycles. The van der Waals surface area contributed by atoms with Gasteiger partial charge in [0.1, 0.15) is 18.0 Å². The summed E-state index contributed by atoms with van der Waals surface area (Å²) in [5.41, 5.74) is 3.22. The molecule has 1 amide bonds. The van der Waals surface area contributed by atoms with Crippen LogP contribution in [-0.2, 0) is 11.5 Å². The highest BCUT2D eigenvalue weighted by Crippen LogP contribution is 2.41. The van der Waals surface area contributed by atoms with Crippen molar-refractivity contribution in [3.8, 4) is 0 Å². The van der Waals surface area contributed by atoms with E-state index in [0.29, 0.717) is 13.2 Å². The molecule has 2 aliphatic rings. The Morgan fingerprint density at radius 3 is 2.65 bits per heavy atom. The number of para-hydroxylation sites is 3. The second-order valence-electron chi connectivity index (χ2n) is 8.56. The summed E-state index contributed by atoms with van der Waals surface area (Å²) >= 11 is 0. The molecule has 1 spiro atoms. The molecule has 0 radical (unpaired) electrons. The van der Waals surface area contributed by atoms with Crippen LogP contribution in [0.5, 0.6) is 0 Å². The van der Waals surface area contributed by atoms with Crippen LogP contribution in [0.25, 0.3) is 22.1 Å². The standard InChI is InChI=1S/C23H23N7O/c31-22-23(11-13-29(22)16-30-20-9-4-3-8-19(20)26-27-30)10-5-12-28(15-23)21-14-24-17-6-1-2-7-18(17)25-21/h1-4,6-9,14H,5,10-13,15-16H2. The lowest BCUT2D eigenvalue weighted by Gasteiger charge is -2.39. The van der Waals surface area contributed by atoms with E-state index in [9.17, 15) is 4.79 Å². The Bertz CT molecular complexity index is 1290. The van der Waals surface area contributed by atoms with Gasteiger partial charge in [-0.25, -0.2) is 9.67 Å². The van der Waals surface area contributed by atoms with E-state index in [1.54, 1.807) is 0 Å². The predicted octanol–water partition coefficient (Wildman–Crippen LogP) is 2.85. The fraction of sp³-hybridized carbons (Fsp3) is 0.348. The summed E-state index contributed by atoms with van der Waals surface area (Å²) in [7, 11) is 0. The van der Waals surface area contributed by atoms with Crippen LogP contribution in [0.4, 0.5) is 5.82 Å². The highest BCUT2D eigenvalue weighted by Gasteiger charge is 2.49. The van der Waals surface area contributed by atoms with Crippen LogP contribution in [0.2, 0.25) is 0 Å². The van der Waals surface area contributed by atoms with Gasteiger partial charge in [-0.15, -0.1) is 5.10 Å². The van der Waals surface area contributed by atoms with Crippen LogP contribution >= 0.6 is 0 Å². The number of aromatic nitrogens is 5. The monoisotopic (exact) mass is 413 g/mol. The molecule has 0 N–H and O–H groups in total. The summed E-state index contributed by atoms with van der Waals surface area (Å²) in [6.07, 6.45) is 4.58. The van der Waals surface area contributed by atoms with Crippen LogP contribution in [0, 0.1) is 5.41 Å². The molecule has 0 saturated carbocycles. The molecular weight excluding hydrogens is 390 g/mol. The number of piperidine rings is 1.